The van der Waals surface area contributed by atoms with E-state index in [2.05, 4.69) is 37.1 Å². The molecule has 4 heteroatoms. The van der Waals surface area contributed by atoms with E-state index < -0.39 is 6.43 Å². The molecular weight excluding hydrogens is 368 g/mol. The lowest BCUT2D eigenvalue weighted by molar-refractivity contribution is 0.0369. The third-order valence-electron chi connectivity index (χ3n) is 8.45. The Labute approximate surface area is 171 Å². The van der Waals surface area contributed by atoms with E-state index in [4.69, 9.17) is 0 Å². The fourth-order valence-electron chi connectivity index (χ4n) is 6.79. The van der Waals surface area contributed by atoms with E-state index >= 15 is 0 Å². The van der Waals surface area contributed by atoms with Gasteiger partial charge in [-0.1, -0.05) is 43.2 Å². The van der Waals surface area contributed by atoms with Crippen molar-refractivity contribution in [2.75, 3.05) is 0 Å². The summed E-state index contributed by atoms with van der Waals surface area (Å²) in [5.74, 6) is 1.10. The molecule has 0 bridgehead atoms. The number of hydrogen-bond acceptors (Lipinski definition) is 2. The molecule has 4 aliphatic carbocycles. The molecular formula is C25H29F2NO. The number of allylic oxidation sites excluding steroid dienone is 5. The van der Waals surface area contributed by atoms with E-state index in [1.54, 1.807) is 12.3 Å². The summed E-state index contributed by atoms with van der Waals surface area (Å²) in [4.78, 5) is 4.10. The Hall–Kier alpha value is -1.81. The van der Waals surface area contributed by atoms with Crippen molar-refractivity contribution in [3.8, 4) is 0 Å². The van der Waals surface area contributed by atoms with Crippen LogP contribution in [0.3, 0.4) is 0 Å². The standard InChI is InChI=1S/C25H29F2NO/c1-24-9-7-18(29)12-17(24)3-4-19-21-6-5-20(25(21,2)10-8-22(19)24)15-11-16(23(26)27)14-28-13-15/h3,5-6,11,13-14,18-19,22-23,29H,4,7-10,12H2,1-2H3/t18-,19-,22-,24-,25+/m0/s1. The molecule has 2 saturated carbocycles. The molecule has 2 nitrogen and oxygen atoms in total. The minimum Gasteiger partial charge on any atom is -0.393 e. The molecule has 29 heavy (non-hydrogen) atoms. The van der Waals surface area contributed by atoms with Crippen molar-refractivity contribution < 1.29 is 13.9 Å². The summed E-state index contributed by atoms with van der Waals surface area (Å²) < 4.78 is 26.4. The molecule has 0 aliphatic heterocycles. The molecule has 1 heterocycles. The average molecular weight is 398 g/mol. The third kappa shape index (κ3) is 2.78. The Morgan fingerprint density at radius 2 is 1.97 bits per heavy atom. The van der Waals surface area contributed by atoms with Crippen LogP contribution in [-0.2, 0) is 0 Å². The van der Waals surface area contributed by atoms with Gasteiger partial charge in [0.25, 0.3) is 6.43 Å². The van der Waals surface area contributed by atoms with Gasteiger partial charge in [-0.05, 0) is 73.0 Å². The number of fused-ring (bicyclic) bond motifs is 5. The molecule has 0 saturated heterocycles. The van der Waals surface area contributed by atoms with Crippen molar-refractivity contribution in [3.63, 3.8) is 0 Å². The van der Waals surface area contributed by atoms with Crippen molar-refractivity contribution in [2.45, 2.75) is 64.9 Å². The fourth-order valence-corrected chi connectivity index (χ4v) is 6.79. The van der Waals surface area contributed by atoms with Crippen LogP contribution in [0.15, 0.2) is 47.8 Å². The van der Waals surface area contributed by atoms with Crippen LogP contribution in [0.1, 0.15) is 69.9 Å². The maximum absolute atomic E-state index is 13.2. The molecule has 5 atom stereocenters. The van der Waals surface area contributed by atoms with Gasteiger partial charge in [0.15, 0.2) is 0 Å². The zero-order valence-corrected chi connectivity index (χ0v) is 17.2. The van der Waals surface area contributed by atoms with Crippen LogP contribution in [0.4, 0.5) is 8.78 Å². The van der Waals surface area contributed by atoms with Gasteiger partial charge in [-0.25, -0.2) is 8.78 Å². The molecule has 154 valence electrons. The average Bonchev–Trinajstić information content (AvgIpc) is 3.06. The molecule has 0 aromatic carbocycles. The number of halogens is 2. The molecule has 0 radical (unpaired) electrons. The number of nitrogens with zero attached hydrogens (tertiary/aromatic N) is 1. The highest BCUT2D eigenvalue weighted by atomic mass is 19.3. The van der Waals surface area contributed by atoms with Crippen molar-refractivity contribution in [1.82, 2.24) is 4.98 Å². The van der Waals surface area contributed by atoms with Gasteiger partial charge in [0.1, 0.15) is 0 Å². The first kappa shape index (κ1) is 19.2. The summed E-state index contributed by atoms with van der Waals surface area (Å²) >= 11 is 0. The minimum atomic E-state index is -2.50. The van der Waals surface area contributed by atoms with Gasteiger partial charge in [0.05, 0.1) is 6.10 Å². The van der Waals surface area contributed by atoms with E-state index in [9.17, 15) is 13.9 Å². The lowest BCUT2D eigenvalue weighted by atomic mass is 9.49. The Morgan fingerprint density at radius 3 is 2.76 bits per heavy atom. The van der Waals surface area contributed by atoms with Gasteiger partial charge in [-0.3, -0.25) is 4.98 Å². The van der Waals surface area contributed by atoms with Gasteiger partial charge in [0.2, 0.25) is 0 Å². The van der Waals surface area contributed by atoms with Crippen molar-refractivity contribution in [2.24, 2.45) is 22.7 Å². The van der Waals surface area contributed by atoms with E-state index in [0.717, 1.165) is 49.7 Å². The van der Waals surface area contributed by atoms with Crippen LogP contribution in [0.2, 0.25) is 0 Å². The normalized spacial score (nSPS) is 38.6. The Bertz CT molecular complexity index is 933. The van der Waals surface area contributed by atoms with Crippen molar-refractivity contribution in [1.29, 1.82) is 0 Å². The number of alkyl halides is 2. The summed E-state index contributed by atoms with van der Waals surface area (Å²) in [5.41, 5.74) is 4.97. The molecule has 0 amide bonds. The number of rotatable bonds is 2. The lowest BCUT2D eigenvalue weighted by Gasteiger charge is -2.56. The Kier molecular flexibility index (Phi) is 4.36. The zero-order valence-electron chi connectivity index (χ0n) is 17.2. The van der Waals surface area contributed by atoms with Crippen LogP contribution < -0.4 is 0 Å². The van der Waals surface area contributed by atoms with Crippen LogP contribution in [-0.4, -0.2) is 16.2 Å². The smallest absolute Gasteiger partial charge is 0.265 e. The van der Waals surface area contributed by atoms with Gasteiger partial charge in [-0.2, -0.15) is 0 Å². The van der Waals surface area contributed by atoms with Crippen molar-refractivity contribution in [3.05, 3.63) is 59.0 Å². The van der Waals surface area contributed by atoms with Gasteiger partial charge in [0, 0.05) is 23.4 Å². The summed E-state index contributed by atoms with van der Waals surface area (Å²) in [7, 11) is 0. The molecule has 0 unspecified atom stereocenters. The van der Waals surface area contributed by atoms with E-state index in [1.807, 2.05) is 0 Å². The molecule has 4 aliphatic rings. The van der Waals surface area contributed by atoms with Crippen LogP contribution in [0.5, 0.6) is 0 Å². The second-order valence-corrected chi connectivity index (χ2v) is 9.87. The highest BCUT2D eigenvalue weighted by Crippen LogP contribution is 2.64. The highest BCUT2D eigenvalue weighted by molar-refractivity contribution is 5.78. The Balaban J connectivity index is 1.47. The Morgan fingerprint density at radius 1 is 1.14 bits per heavy atom. The quantitative estimate of drug-likeness (QED) is 0.598. The number of hydrogen-bond donors (Lipinski definition) is 1. The molecule has 1 aromatic rings. The predicted octanol–water partition coefficient (Wildman–Crippen LogP) is 6.26. The van der Waals surface area contributed by atoms with E-state index in [-0.39, 0.29) is 22.5 Å². The molecule has 0 spiro atoms. The number of aliphatic hydroxyl groups excluding tert-OH is 1. The maximum Gasteiger partial charge on any atom is 0.265 e. The van der Waals surface area contributed by atoms with Gasteiger partial charge >= 0.3 is 0 Å². The summed E-state index contributed by atoms with van der Waals surface area (Å²) in [6.07, 6.45) is 13.1. The van der Waals surface area contributed by atoms with Crippen LogP contribution in [0, 0.1) is 22.7 Å². The first-order chi connectivity index (χ1) is 13.8. The topological polar surface area (TPSA) is 33.1 Å². The van der Waals surface area contributed by atoms with Crippen LogP contribution >= 0.6 is 0 Å². The number of aromatic nitrogens is 1. The second-order valence-electron chi connectivity index (χ2n) is 9.87. The van der Waals surface area contributed by atoms with Gasteiger partial charge < -0.3 is 5.11 Å². The third-order valence-corrected chi connectivity index (χ3v) is 8.45. The monoisotopic (exact) mass is 397 g/mol. The number of pyridine rings is 1. The lowest BCUT2D eigenvalue weighted by Crippen LogP contribution is -2.47. The summed E-state index contributed by atoms with van der Waals surface area (Å²) in [6, 6.07) is 1.61. The first-order valence-electron chi connectivity index (χ1n) is 10.9. The predicted molar refractivity (Wildman–Crippen MR) is 110 cm³/mol. The number of aliphatic hydroxyl groups is 1. The van der Waals surface area contributed by atoms with E-state index in [1.165, 1.54) is 17.3 Å². The summed E-state index contributed by atoms with van der Waals surface area (Å²) in [5, 5.41) is 10.2. The molecule has 5 rings (SSSR count). The second kappa shape index (κ2) is 6.60. The van der Waals surface area contributed by atoms with E-state index in [0.29, 0.717) is 11.8 Å². The molecule has 1 N–H and O–H groups in total. The first-order valence-corrected chi connectivity index (χ1v) is 10.9. The maximum atomic E-state index is 13.2. The molecule has 2 fully saturated rings. The van der Waals surface area contributed by atoms with Crippen LogP contribution in [0.25, 0.3) is 5.57 Å². The largest absolute Gasteiger partial charge is 0.393 e. The SMILES string of the molecule is C[C@]12CC[C@H]3[C@@H](CC=C4C[C@@H](O)CC[C@@]43C)C1=CC=C2c1cncc(C(F)F)c1. The fraction of sp³-hybridized carbons (Fsp3) is 0.560. The van der Waals surface area contributed by atoms with Crippen molar-refractivity contribution >= 4 is 5.57 Å². The molecule has 1 aromatic heterocycles. The van der Waals surface area contributed by atoms with Gasteiger partial charge in [-0.15, -0.1) is 0 Å². The zero-order chi connectivity index (χ0) is 20.4. The summed E-state index contributed by atoms with van der Waals surface area (Å²) in [6.45, 7) is 4.69. The minimum absolute atomic E-state index is 0.00680. The highest BCUT2D eigenvalue weighted by Gasteiger charge is 2.54.